The Morgan fingerprint density at radius 1 is 0.750 bits per heavy atom. The number of halogens is 1. The van der Waals surface area contributed by atoms with Crippen molar-refractivity contribution in [2.45, 2.75) is 18.8 Å². The van der Waals surface area contributed by atoms with Crippen LogP contribution in [0.3, 0.4) is 0 Å². The topological polar surface area (TPSA) is 28.0 Å². The summed E-state index contributed by atoms with van der Waals surface area (Å²) < 4.78 is 0. The largest absolute Gasteiger partial charge is 0.311 e. The van der Waals surface area contributed by atoms with E-state index < -0.39 is 0 Å². The van der Waals surface area contributed by atoms with Crippen LogP contribution in [0.25, 0.3) is 0 Å². The maximum Gasteiger partial charge on any atom is 0.124 e. The molecule has 3 aromatic rings. The molecule has 1 aliphatic rings. The summed E-state index contributed by atoms with van der Waals surface area (Å²) in [6.07, 6.45) is 1.84. The van der Waals surface area contributed by atoms with Crippen LogP contribution in [-0.4, -0.2) is 23.4 Å². The van der Waals surface area contributed by atoms with E-state index in [-0.39, 0.29) is 4.95 Å². The second-order valence-electron chi connectivity index (χ2n) is 6.99. The SMILES string of the molecule is Cc1ccc(N(c2ccc(C)cc2)c2ccc(C3=NCC(Br)N=C3)cc2)cc1. The molecule has 1 aliphatic heterocycles. The maximum absolute atomic E-state index is 4.60. The van der Waals surface area contributed by atoms with E-state index in [0.29, 0.717) is 6.54 Å². The number of anilines is 3. The van der Waals surface area contributed by atoms with E-state index in [1.807, 2.05) is 6.21 Å². The summed E-state index contributed by atoms with van der Waals surface area (Å²) in [7, 11) is 0. The molecule has 1 heterocycles. The molecule has 0 radical (unpaired) electrons. The van der Waals surface area contributed by atoms with Gasteiger partial charge >= 0.3 is 0 Å². The second-order valence-corrected chi connectivity index (χ2v) is 8.05. The zero-order valence-electron chi connectivity index (χ0n) is 16.0. The van der Waals surface area contributed by atoms with Crippen molar-refractivity contribution in [1.29, 1.82) is 0 Å². The predicted octanol–water partition coefficient (Wildman–Crippen LogP) is 6.37. The molecule has 4 rings (SSSR count). The number of benzene rings is 3. The first-order chi connectivity index (χ1) is 13.6. The van der Waals surface area contributed by atoms with Crippen LogP contribution in [0.4, 0.5) is 17.1 Å². The zero-order valence-corrected chi connectivity index (χ0v) is 17.6. The van der Waals surface area contributed by atoms with Crippen LogP contribution in [0.5, 0.6) is 0 Å². The Balaban J connectivity index is 1.71. The van der Waals surface area contributed by atoms with E-state index in [2.05, 4.69) is 117 Å². The Hall–Kier alpha value is -2.72. The van der Waals surface area contributed by atoms with Gasteiger partial charge in [0, 0.05) is 28.8 Å². The Kier molecular flexibility index (Phi) is 5.40. The molecule has 0 saturated carbocycles. The summed E-state index contributed by atoms with van der Waals surface area (Å²) in [5.41, 5.74) is 7.91. The molecule has 0 aromatic heterocycles. The van der Waals surface area contributed by atoms with Gasteiger partial charge in [0.2, 0.25) is 0 Å². The fourth-order valence-corrected chi connectivity index (χ4v) is 3.46. The molecule has 4 heteroatoms. The summed E-state index contributed by atoms with van der Waals surface area (Å²) in [6.45, 7) is 4.89. The monoisotopic (exact) mass is 431 g/mol. The summed E-state index contributed by atoms with van der Waals surface area (Å²) in [5, 5.41) is 0. The van der Waals surface area contributed by atoms with Crippen LogP contribution in [0.2, 0.25) is 0 Å². The summed E-state index contributed by atoms with van der Waals surface area (Å²) in [5.74, 6) is 0. The lowest BCUT2D eigenvalue weighted by Gasteiger charge is -2.26. The molecular formula is C24H22BrN3. The van der Waals surface area contributed by atoms with E-state index >= 15 is 0 Å². The van der Waals surface area contributed by atoms with Crippen molar-refractivity contribution in [3.05, 3.63) is 89.5 Å². The van der Waals surface area contributed by atoms with Gasteiger partial charge in [0.15, 0.2) is 0 Å². The fraction of sp³-hybridized carbons (Fsp3) is 0.167. The number of rotatable bonds is 4. The van der Waals surface area contributed by atoms with Gasteiger partial charge in [0.25, 0.3) is 0 Å². The number of alkyl halides is 1. The molecule has 0 N–H and O–H groups in total. The molecule has 3 aromatic carbocycles. The molecule has 0 saturated heterocycles. The third-order valence-electron chi connectivity index (χ3n) is 4.78. The average Bonchev–Trinajstić information content (AvgIpc) is 2.72. The van der Waals surface area contributed by atoms with Crippen LogP contribution < -0.4 is 4.90 Å². The predicted molar refractivity (Wildman–Crippen MR) is 123 cm³/mol. The van der Waals surface area contributed by atoms with Crippen molar-refractivity contribution in [2.75, 3.05) is 11.4 Å². The smallest absolute Gasteiger partial charge is 0.124 e. The number of hydrogen-bond acceptors (Lipinski definition) is 3. The Morgan fingerprint density at radius 2 is 1.21 bits per heavy atom. The first-order valence-electron chi connectivity index (χ1n) is 9.36. The highest BCUT2D eigenvalue weighted by atomic mass is 79.9. The lowest BCUT2D eigenvalue weighted by molar-refractivity contribution is 0.924. The van der Waals surface area contributed by atoms with Gasteiger partial charge in [-0.2, -0.15) is 0 Å². The van der Waals surface area contributed by atoms with Crippen LogP contribution in [0.15, 0.2) is 82.8 Å². The molecule has 28 heavy (non-hydrogen) atoms. The quantitative estimate of drug-likeness (QED) is 0.348. The third kappa shape index (κ3) is 4.07. The molecule has 1 unspecified atom stereocenters. The summed E-state index contributed by atoms with van der Waals surface area (Å²) in [6, 6.07) is 25.8. The number of aliphatic imine (C=N–C) groups is 2. The first kappa shape index (κ1) is 18.6. The van der Waals surface area contributed by atoms with Crippen LogP contribution in [0.1, 0.15) is 16.7 Å². The Bertz CT molecular complexity index is 958. The summed E-state index contributed by atoms with van der Waals surface area (Å²) >= 11 is 3.47. The highest BCUT2D eigenvalue weighted by Crippen LogP contribution is 2.34. The molecule has 0 bridgehead atoms. The average molecular weight is 432 g/mol. The highest BCUT2D eigenvalue weighted by Gasteiger charge is 2.14. The van der Waals surface area contributed by atoms with E-state index in [0.717, 1.165) is 28.3 Å². The molecule has 3 nitrogen and oxygen atoms in total. The van der Waals surface area contributed by atoms with E-state index in [1.54, 1.807) is 0 Å². The molecule has 0 aliphatic carbocycles. The van der Waals surface area contributed by atoms with Gasteiger partial charge in [0.1, 0.15) is 4.95 Å². The molecule has 0 fully saturated rings. The van der Waals surface area contributed by atoms with E-state index in [1.165, 1.54) is 11.1 Å². The van der Waals surface area contributed by atoms with Gasteiger partial charge < -0.3 is 4.90 Å². The molecule has 140 valence electrons. The van der Waals surface area contributed by atoms with Crippen molar-refractivity contribution in [2.24, 2.45) is 9.98 Å². The van der Waals surface area contributed by atoms with Crippen LogP contribution in [-0.2, 0) is 0 Å². The molecule has 1 atom stereocenters. The normalized spacial score (nSPS) is 16.0. The van der Waals surface area contributed by atoms with Crippen molar-refractivity contribution in [3.63, 3.8) is 0 Å². The van der Waals surface area contributed by atoms with Crippen molar-refractivity contribution in [3.8, 4) is 0 Å². The van der Waals surface area contributed by atoms with Gasteiger partial charge in [-0.3, -0.25) is 9.98 Å². The second kappa shape index (κ2) is 8.11. The molecule has 0 amide bonds. The lowest BCUT2D eigenvalue weighted by atomic mass is 10.1. The van der Waals surface area contributed by atoms with E-state index in [9.17, 15) is 0 Å². The van der Waals surface area contributed by atoms with Gasteiger partial charge in [-0.05, 0) is 50.2 Å². The molecule has 0 spiro atoms. The number of nitrogens with zero attached hydrogens (tertiary/aromatic N) is 3. The fourth-order valence-electron chi connectivity index (χ4n) is 3.20. The minimum atomic E-state index is 0.0917. The Labute approximate surface area is 174 Å². The molecular weight excluding hydrogens is 410 g/mol. The Morgan fingerprint density at radius 3 is 1.64 bits per heavy atom. The third-order valence-corrected chi connectivity index (χ3v) is 5.30. The zero-order chi connectivity index (χ0) is 19.5. The minimum absolute atomic E-state index is 0.0917. The van der Waals surface area contributed by atoms with E-state index in [4.69, 9.17) is 0 Å². The van der Waals surface area contributed by atoms with Crippen LogP contribution in [0, 0.1) is 13.8 Å². The maximum atomic E-state index is 4.60. The highest BCUT2D eigenvalue weighted by molar-refractivity contribution is 9.09. The van der Waals surface area contributed by atoms with Gasteiger partial charge in [-0.15, -0.1) is 0 Å². The van der Waals surface area contributed by atoms with Gasteiger partial charge in [-0.25, -0.2) is 0 Å². The van der Waals surface area contributed by atoms with Crippen LogP contribution >= 0.6 is 15.9 Å². The number of aryl methyl sites for hydroxylation is 2. The van der Waals surface area contributed by atoms with Gasteiger partial charge in [0.05, 0.1) is 12.3 Å². The summed E-state index contributed by atoms with van der Waals surface area (Å²) in [4.78, 5) is 11.4. The standard InChI is InChI=1S/C24H22BrN3/c1-17-3-9-20(10-4-17)28(21-11-5-18(2)6-12-21)22-13-7-19(8-14-22)23-15-27-24(25)16-26-23/h3-15,24H,16H2,1-2H3. The van der Waals surface area contributed by atoms with Gasteiger partial charge in [-0.1, -0.05) is 63.5 Å². The minimum Gasteiger partial charge on any atom is -0.311 e. The van der Waals surface area contributed by atoms with Crippen molar-refractivity contribution in [1.82, 2.24) is 0 Å². The van der Waals surface area contributed by atoms with Crippen molar-refractivity contribution < 1.29 is 0 Å². The van der Waals surface area contributed by atoms with Crippen molar-refractivity contribution >= 4 is 44.9 Å². The number of hydrogen-bond donors (Lipinski definition) is 0. The lowest BCUT2D eigenvalue weighted by Crippen LogP contribution is -2.15. The first-order valence-corrected chi connectivity index (χ1v) is 10.3.